The Morgan fingerprint density at radius 2 is 1.70 bits per heavy atom. The third-order valence-corrected chi connectivity index (χ3v) is 6.73. The highest BCUT2D eigenvalue weighted by molar-refractivity contribution is 7.15. The van der Waals surface area contributed by atoms with Crippen molar-refractivity contribution in [1.29, 1.82) is 0 Å². The molecule has 1 heterocycles. The molecule has 170 valence electrons. The molecule has 0 fully saturated rings. The van der Waals surface area contributed by atoms with Gasteiger partial charge in [-0.2, -0.15) is 13.2 Å². The summed E-state index contributed by atoms with van der Waals surface area (Å²) in [5.74, 6) is 0.657. The van der Waals surface area contributed by atoms with Crippen LogP contribution in [-0.2, 0) is 12.6 Å². The quantitative estimate of drug-likeness (QED) is 0.260. The van der Waals surface area contributed by atoms with Gasteiger partial charge in [0.05, 0.1) is 16.1 Å². The summed E-state index contributed by atoms with van der Waals surface area (Å²) in [5, 5.41) is 1.25. The van der Waals surface area contributed by atoms with E-state index in [1.807, 2.05) is 37.3 Å². The maximum Gasteiger partial charge on any atom is 0.416 e. The molecule has 0 bridgehead atoms. The number of benzene rings is 3. The Labute approximate surface area is 199 Å². The van der Waals surface area contributed by atoms with E-state index in [1.165, 1.54) is 29.0 Å². The molecule has 0 aliphatic heterocycles. The number of ether oxygens (including phenoxy) is 1. The van der Waals surface area contributed by atoms with Crippen molar-refractivity contribution in [3.8, 4) is 16.3 Å². The zero-order valence-corrected chi connectivity index (χ0v) is 19.3. The van der Waals surface area contributed by atoms with Crippen LogP contribution in [0.15, 0.2) is 78.9 Å². The fourth-order valence-electron chi connectivity index (χ4n) is 3.52. The maximum atomic E-state index is 12.9. The van der Waals surface area contributed by atoms with Crippen LogP contribution in [-0.4, -0.2) is 4.98 Å². The topological polar surface area (TPSA) is 22.1 Å². The van der Waals surface area contributed by atoms with Crippen LogP contribution in [0, 0.1) is 6.92 Å². The largest absolute Gasteiger partial charge is 0.485 e. The minimum atomic E-state index is -4.37. The van der Waals surface area contributed by atoms with Gasteiger partial charge in [-0.05, 0) is 55.7 Å². The lowest BCUT2D eigenvalue weighted by atomic mass is 10.1. The molecule has 0 radical (unpaired) electrons. The number of halogens is 4. The molecule has 1 aromatic heterocycles. The lowest BCUT2D eigenvalue weighted by Crippen LogP contribution is -2.09. The van der Waals surface area contributed by atoms with Gasteiger partial charge >= 0.3 is 6.18 Å². The molecule has 0 saturated heterocycles. The number of aryl methyl sites for hydroxylation is 2. The molecule has 4 rings (SSSR count). The van der Waals surface area contributed by atoms with Gasteiger partial charge in [0.25, 0.3) is 0 Å². The van der Waals surface area contributed by atoms with Crippen molar-refractivity contribution in [3.05, 3.63) is 106 Å². The Bertz CT molecular complexity index is 1210. The first kappa shape index (κ1) is 23.3. The molecule has 1 atom stereocenters. The molecule has 1 unspecified atom stereocenters. The van der Waals surface area contributed by atoms with Gasteiger partial charge < -0.3 is 4.74 Å². The zero-order valence-electron chi connectivity index (χ0n) is 17.8. The lowest BCUT2D eigenvalue weighted by molar-refractivity contribution is -0.137. The van der Waals surface area contributed by atoms with Crippen molar-refractivity contribution in [3.63, 3.8) is 0 Å². The van der Waals surface area contributed by atoms with Crippen LogP contribution in [0.4, 0.5) is 13.2 Å². The minimum absolute atomic E-state index is 0.274. The fraction of sp³-hybridized carbons (Fsp3) is 0.192. The Kier molecular flexibility index (Phi) is 7.05. The van der Waals surface area contributed by atoms with Gasteiger partial charge in [0, 0.05) is 10.6 Å². The van der Waals surface area contributed by atoms with Gasteiger partial charge in [-0.25, -0.2) is 4.98 Å². The summed E-state index contributed by atoms with van der Waals surface area (Å²) in [4.78, 5) is 5.58. The van der Waals surface area contributed by atoms with Crippen LogP contribution >= 0.6 is 22.9 Å². The molecule has 33 heavy (non-hydrogen) atoms. The van der Waals surface area contributed by atoms with Gasteiger partial charge in [-0.15, -0.1) is 11.3 Å². The first-order chi connectivity index (χ1) is 15.8. The van der Waals surface area contributed by atoms with Crippen LogP contribution in [0.2, 0.25) is 5.02 Å². The number of hydrogen-bond donors (Lipinski definition) is 0. The summed E-state index contributed by atoms with van der Waals surface area (Å²) in [6.07, 6.45) is -3.12. The summed E-state index contributed by atoms with van der Waals surface area (Å²) in [5.41, 5.74) is 1.97. The lowest BCUT2D eigenvalue weighted by Gasteiger charge is -2.19. The van der Waals surface area contributed by atoms with Crippen molar-refractivity contribution >= 4 is 22.9 Å². The molecular formula is C26H21ClF3NOS. The molecular weight excluding hydrogens is 467 g/mol. The summed E-state index contributed by atoms with van der Waals surface area (Å²) in [7, 11) is 0. The van der Waals surface area contributed by atoms with E-state index in [0.717, 1.165) is 29.1 Å². The molecule has 0 saturated carbocycles. The van der Waals surface area contributed by atoms with Crippen LogP contribution in [0.3, 0.4) is 0 Å². The van der Waals surface area contributed by atoms with Gasteiger partial charge in [0.2, 0.25) is 0 Å². The smallest absolute Gasteiger partial charge is 0.416 e. The minimum Gasteiger partial charge on any atom is -0.485 e. The predicted molar refractivity (Wildman–Crippen MR) is 127 cm³/mol. The van der Waals surface area contributed by atoms with E-state index in [2.05, 4.69) is 17.1 Å². The summed E-state index contributed by atoms with van der Waals surface area (Å²) in [6.45, 7) is 1.90. The molecule has 7 heteroatoms. The van der Waals surface area contributed by atoms with E-state index in [0.29, 0.717) is 27.8 Å². The molecule has 0 amide bonds. The van der Waals surface area contributed by atoms with Crippen molar-refractivity contribution in [2.75, 3.05) is 0 Å². The van der Waals surface area contributed by atoms with Gasteiger partial charge in [-0.3, -0.25) is 0 Å². The number of alkyl halides is 3. The number of nitrogens with zero attached hydrogens (tertiary/aromatic N) is 1. The first-order valence-corrected chi connectivity index (χ1v) is 11.6. The van der Waals surface area contributed by atoms with Crippen molar-refractivity contribution in [1.82, 2.24) is 4.98 Å². The van der Waals surface area contributed by atoms with Gasteiger partial charge in [0.15, 0.2) is 0 Å². The second-order valence-electron chi connectivity index (χ2n) is 7.63. The number of hydrogen-bond acceptors (Lipinski definition) is 3. The predicted octanol–water partition coefficient (Wildman–Crippen LogP) is 8.54. The van der Waals surface area contributed by atoms with Gasteiger partial charge in [-0.1, -0.05) is 60.1 Å². The average molecular weight is 488 g/mol. The SMILES string of the molecule is Cc1nc(-c2ccc(C(F)(F)F)cc2)sc1C(CCc1ccccc1)Oc1cccc(Cl)c1. The third-order valence-electron chi connectivity index (χ3n) is 5.20. The molecule has 2 nitrogen and oxygen atoms in total. The highest BCUT2D eigenvalue weighted by atomic mass is 35.5. The van der Waals surface area contributed by atoms with E-state index >= 15 is 0 Å². The van der Waals surface area contributed by atoms with Crippen molar-refractivity contribution < 1.29 is 17.9 Å². The number of thiazole rings is 1. The molecule has 0 aliphatic rings. The fourth-order valence-corrected chi connectivity index (χ4v) is 4.84. The standard InChI is InChI=1S/C26H21ClF3NOS/c1-17-24(33-25(31-17)19-11-13-20(14-12-19)26(28,29)30)23(15-10-18-6-3-2-4-7-18)32-22-9-5-8-21(27)16-22/h2-9,11-14,16,23H,10,15H2,1H3. The highest BCUT2D eigenvalue weighted by Crippen LogP contribution is 2.38. The molecule has 0 aliphatic carbocycles. The van der Waals surface area contributed by atoms with Crippen LogP contribution < -0.4 is 4.74 Å². The van der Waals surface area contributed by atoms with Crippen molar-refractivity contribution in [2.45, 2.75) is 32.0 Å². The third kappa shape index (κ3) is 5.95. The van der Waals surface area contributed by atoms with E-state index in [1.54, 1.807) is 12.1 Å². The summed E-state index contributed by atoms with van der Waals surface area (Å²) in [6, 6.07) is 22.5. The molecule has 0 spiro atoms. The Morgan fingerprint density at radius 3 is 2.36 bits per heavy atom. The zero-order chi connectivity index (χ0) is 23.4. The van der Waals surface area contributed by atoms with Crippen LogP contribution in [0.1, 0.15) is 34.2 Å². The van der Waals surface area contributed by atoms with Gasteiger partial charge in [0.1, 0.15) is 16.9 Å². The number of aromatic nitrogens is 1. The monoisotopic (exact) mass is 487 g/mol. The highest BCUT2D eigenvalue weighted by Gasteiger charge is 2.30. The summed E-state index contributed by atoms with van der Waals surface area (Å²) >= 11 is 7.58. The van der Waals surface area contributed by atoms with E-state index in [4.69, 9.17) is 16.3 Å². The second-order valence-corrected chi connectivity index (χ2v) is 9.10. The number of rotatable bonds is 7. The Balaban J connectivity index is 1.62. The maximum absolute atomic E-state index is 12.9. The average Bonchev–Trinajstić information content (AvgIpc) is 3.18. The second kappa shape index (κ2) is 9.98. The molecule has 4 aromatic rings. The Morgan fingerprint density at radius 1 is 0.970 bits per heavy atom. The van der Waals surface area contributed by atoms with E-state index < -0.39 is 11.7 Å². The van der Waals surface area contributed by atoms with Crippen molar-refractivity contribution in [2.24, 2.45) is 0 Å². The normalized spacial score (nSPS) is 12.5. The van der Waals surface area contributed by atoms with Crippen LogP contribution in [0.25, 0.3) is 10.6 Å². The summed E-state index contributed by atoms with van der Waals surface area (Å²) < 4.78 is 45.1. The van der Waals surface area contributed by atoms with Crippen LogP contribution in [0.5, 0.6) is 5.75 Å². The Hall–Kier alpha value is -2.83. The van der Waals surface area contributed by atoms with E-state index in [9.17, 15) is 13.2 Å². The molecule has 0 N–H and O–H groups in total. The first-order valence-electron chi connectivity index (χ1n) is 10.4. The van der Waals surface area contributed by atoms with E-state index in [-0.39, 0.29) is 6.10 Å². The molecule has 3 aromatic carbocycles.